The predicted octanol–water partition coefficient (Wildman–Crippen LogP) is 1.43. The van der Waals surface area contributed by atoms with Gasteiger partial charge in [0.15, 0.2) is 0 Å². The second-order valence-corrected chi connectivity index (χ2v) is 5.48. The van der Waals surface area contributed by atoms with Crippen LogP contribution in [-0.2, 0) is 4.79 Å². The summed E-state index contributed by atoms with van der Waals surface area (Å²) in [5, 5.41) is 6.14. The quantitative estimate of drug-likeness (QED) is 0.848. The average molecular weight is 250 g/mol. The Labute approximate surface area is 108 Å². The highest BCUT2D eigenvalue weighted by atomic mass is 16.2. The van der Waals surface area contributed by atoms with E-state index in [4.69, 9.17) is 0 Å². The van der Waals surface area contributed by atoms with E-state index in [1.165, 1.54) is 0 Å². The second-order valence-electron chi connectivity index (χ2n) is 5.48. The molecule has 100 valence electrons. The molecule has 0 radical (unpaired) electrons. The molecular weight excluding hydrogens is 228 g/mol. The lowest BCUT2D eigenvalue weighted by molar-refractivity contribution is -0.124. The Morgan fingerprint density at radius 3 is 2.44 bits per heavy atom. The summed E-state index contributed by atoms with van der Waals surface area (Å²) in [4.78, 5) is 20.1. The van der Waals surface area contributed by atoms with Crippen LogP contribution in [0.1, 0.15) is 46.4 Å². The molecule has 2 unspecified atom stereocenters. The maximum atomic E-state index is 11.9. The Bertz CT molecular complexity index is 386. The molecule has 0 aromatic carbocycles. The van der Waals surface area contributed by atoms with Crippen LogP contribution in [0.5, 0.6) is 0 Å². The number of carbonyl (C=O) groups is 1. The topological polar surface area (TPSA) is 66.9 Å². The summed E-state index contributed by atoms with van der Waals surface area (Å²) in [6, 6.07) is -0.291. The third-order valence-corrected chi connectivity index (χ3v) is 2.42. The van der Waals surface area contributed by atoms with Gasteiger partial charge < -0.3 is 5.32 Å². The minimum absolute atomic E-state index is 0.0144. The van der Waals surface area contributed by atoms with Gasteiger partial charge in [0.2, 0.25) is 5.91 Å². The summed E-state index contributed by atoms with van der Waals surface area (Å²) in [5.74, 6) is -0.0155. The van der Waals surface area contributed by atoms with Crippen molar-refractivity contribution < 1.29 is 4.79 Å². The third kappa shape index (κ3) is 4.79. The largest absolute Gasteiger partial charge is 0.350 e. The lowest BCUT2D eigenvalue weighted by Gasteiger charge is -2.25. The standard InChI is InChI=1S/C13H22N4O/c1-9(11-8-14-6-7-15-11)16-10(2)12(18)17-13(3,4)5/h6-10,16H,1-5H3,(H,17,18). The third-order valence-electron chi connectivity index (χ3n) is 2.42. The molecule has 0 bridgehead atoms. The van der Waals surface area contributed by atoms with Gasteiger partial charge in [-0.1, -0.05) is 0 Å². The summed E-state index contributed by atoms with van der Waals surface area (Å²) < 4.78 is 0. The molecule has 1 aromatic heterocycles. The Morgan fingerprint density at radius 2 is 1.94 bits per heavy atom. The Hall–Kier alpha value is -1.49. The van der Waals surface area contributed by atoms with E-state index in [0.29, 0.717) is 0 Å². The minimum atomic E-state index is -0.277. The molecule has 0 aliphatic carbocycles. The number of rotatable bonds is 4. The van der Waals surface area contributed by atoms with Gasteiger partial charge >= 0.3 is 0 Å². The minimum Gasteiger partial charge on any atom is -0.350 e. The molecule has 0 aliphatic heterocycles. The Kier molecular flexibility index (Phi) is 4.78. The lowest BCUT2D eigenvalue weighted by Crippen LogP contribution is -2.50. The van der Waals surface area contributed by atoms with Gasteiger partial charge in [0.05, 0.1) is 11.7 Å². The van der Waals surface area contributed by atoms with E-state index in [1.807, 2.05) is 34.6 Å². The van der Waals surface area contributed by atoms with E-state index < -0.39 is 0 Å². The van der Waals surface area contributed by atoms with E-state index in [9.17, 15) is 4.79 Å². The van der Waals surface area contributed by atoms with Gasteiger partial charge in [-0.25, -0.2) is 0 Å². The van der Waals surface area contributed by atoms with E-state index in [2.05, 4.69) is 20.6 Å². The number of amides is 1. The zero-order chi connectivity index (χ0) is 13.8. The van der Waals surface area contributed by atoms with Gasteiger partial charge in [0.1, 0.15) is 0 Å². The Balaban J connectivity index is 2.55. The highest BCUT2D eigenvalue weighted by molar-refractivity contribution is 5.81. The maximum absolute atomic E-state index is 11.9. The van der Waals surface area contributed by atoms with Crippen molar-refractivity contribution in [3.05, 3.63) is 24.3 Å². The molecule has 0 saturated heterocycles. The van der Waals surface area contributed by atoms with E-state index in [0.717, 1.165) is 5.69 Å². The zero-order valence-corrected chi connectivity index (χ0v) is 11.7. The van der Waals surface area contributed by atoms with E-state index >= 15 is 0 Å². The molecule has 1 rings (SSSR count). The monoisotopic (exact) mass is 250 g/mol. The van der Waals surface area contributed by atoms with Crippen molar-refractivity contribution in [3.63, 3.8) is 0 Å². The normalized spacial score (nSPS) is 14.9. The van der Waals surface area contributed by atoms with Crippen molar-refractivity contribution >= 4 is 5.91 Å². The molecule has 0 fully saturated rings. The van der Waals surface area contributed by atoms with Crippen LogP contribution in [0, 0.1) is 0 Å². The van der Waals surface area contributed by atoms with Crippen LogP contribution in [0.25, 0.3) is 0 Å². The molecule has 5 heteroatoms. The summed E-state index contributed by atoms with van der Waals surface area (Å²) in [6.45, 7) is 9.69. The van der Waals surface area contributed by atoms with Crippen molar-refractivity contribution in [2.24, 2.45) is 0 Å². The fraction of sp³-hybridized carbons (Fsp3) is 0.615. The van der Waals surface area contributed by atoms with Gasteiger partial charge in [-0.2, -0.15) is 0 Å². The second kappa shape index (κ2) is 5.91. The number of hydrogen-bond donors (Lipinski definition) is 2. The van der Waals surface area contributed by atoms with Crippen molar-refractivity contribution in [1.82, 2.24) is 20.6 Å². The van der Waals surface area contributed by atoms with Crippen LogP contribution in [0.2, 0.25) is 0 Å². The molecule has 1 heterocycles. The lowest BCUT2D eigenvalue weighted by atomic mass is 10.1. The maximum Gasteiger partial charge on any atom is 0.237 e. The van der Waals surface area contributed by atoms with Crippen LogP contribution in [0.3, 0.4) is 0 Å². The number of aromatic nitrogens is 2. The smallest absolute Gasteiger partial charge is 0.237 e. The first-order chi connectivity index (χ1) is 8.29. The zero-order valence-electron chi connectivity index (χ0n) is 11.7. The van der Waals surface area contributed by atoms with Gasteiger partial charge in [-0.3, -0.25) is 20.1 Å². The molecule has 1 aromatic rings. The van der Waals surface area contributed by atoms with Crippen LogP contribution in [-0.4, -0.2) is 27.5 Å². The van der Waals surface area contributed by atoms with Gasteiger partial charge in [0.25, 0.3) is 0 Å². The number of nitrogens with one attached hydrogen (secondary N) is 2. The summed E-state index contributed by atoms with van der Waals surface area (Å²) >= 11 is 0. The highest BCUT2D eigenvalue weighted by Crippen LogP contribution is 2.08. The van der Waals surface area contributed by atoms with Crippen molar-refractivity contribution in [1.29, 1.82) is 0 Å². The predicted molar refractivity (Wildman–Crippen MR) is 70.9 cm³/mol. The van der Waals surface area contributed by atoms with Gasteiger partial charge in [0, 0.05) is 30.2 Å². The summed E-state index contributed by atoms with van der Waals surface area (Å²) in [5.41, 5.74) is 0.607. The molecular formula is C13H22N4O. The summed E-state index contributed by atoms with van der Waals surface area (Å²) in [7, 11) is 0. The molecule has 1 amide bonds. The molecule has 18 heavy (non-hydrogen) atoms. The molecule has 5 nitrogen and oxygen atoms in total. The van der Waals surface area contributed by atoms with Crippen LogP contribution < -0.4 is 10.6 Å². The molecule has 2 N–H and O–H groups in total. The number of nitrogens with zero attached hydrogens (tertiary/aromatic N) is 2. The summed E-state index contributed by atoms with van der Waals surface area (Å²) in [6.07, 6.45) is 4.98. The van der Waals surface area contributed by atoms with Crippen LogP contribution in [0.4, 0.5) is 0 Å². The van der Waals surface area contributed by atoms with E-state index in [-0.39, 0.29) is 23.5 Å². The SMILES string of the molecule is CC(NC(C)c1cnccn1)C(=O)NC(C)(C)C. The molecule has 2 atom stereocenters. The number of hydrogen-bond acceptors (Lipinski definition) is 4. The number of carbonyl (C=O) groups excluding carboxylic acids is 1. The molecule has 0 aliphatic rings. The highest BCUT2D eigenvalue weighted by Gasteiger charge is 2.21. The van der Waals surface area contributed by atoms with E-state index in [1.54, 1.807) is 18.6 Å². The fourth-order valence-corrected chi connectivity index (χ4v) is 1.55. The molecule has 0 spiro atoms. The van der Waals surface area contributed by atoms with Crippen LogP contribution >= 0.6 is 0 Å². The van der Waals surface area contributed by atoms with Crippen molar-refractivity contribution in [3.8, 4) is 0 Å². The fourth-order valence-electron chi connectivity index (χ4n) is 1.55. The van der Waals surface area contributed by atoms with Gasteiger partial charge in [-0.15, -0.1) is 0 Å². The molecule has 0 saturated carbocycles. The first kappa shape index (κ1) is 14.6. The van der Waals surface area contributed by atoms with Gasteiger partial charge in [-0.05, 0) is 34.6 Å². The van der Waals surface area contributed by atoms with Crippen LogP contribution in [0.15, 0.2) is 18.6 Å². The first-order valence-electron chi connectivity index (χ1n) is 6.13. The Morgan fingerprint density at radius 1 is 1.28 bits per heavy atom. The van der Waals surface area contributed by atoms with Crippen molar-refractivity contribution in [2.45, 2.75) is 52.2 Å². The average Bonchev–Trinajstić information content (AvgIpc) is 2.27. The van der Waals surface area contributed by atoms with Crippen molar-refractivity contribution in [2.75, 3.05) is 0 Å². The first-order valence-corrected chi connectivity index (χ1v) is 6.13.